The van der Waals surface area contributed by atoms with E-state index >= 15 is 0 Å². The van der Waals surface area contributed by atoms with Crippen molar-refractivity contribution < 1.29 is 23.8 Å². The quantitative estimate of drug-likeness (QED) is 0.0681. The minimum atomic E-state index is -0.346. The third kappa shape index (κ3) is 7.53. The van der Waals surface area contributed by atoms with E-state index in [1.165, 1.54) is 0 Å². The van der Waals surface area contributed by atoms with E-state index in [-0.39, 0.29) is 41.3 Å². The molecule has 226 valence electrons. The normalized spacial score (nSPS) is 32.4. The van der Waals surface area contributed by atoms with Crippen molar-refractivity contribution in [3.63, 3.8) is 0 Å². The number of nitrogens with two attached hydrogens (primary N) is 1. The fourth-order valence-electron chi connectivity index (χ4n) is 6.21. The lowest BCUT2D eigenvalue weighted by molar-refractivity contribution is -0.118. The topological polar surface area (TPSA) is 172 Å². The highest BCUT2D eigenvalue weighted by molar-refractivity contribution is 8.00. The Morgan fingerprint density at radius 1 is 1.18 bits per heavy atom. The second-order valence-corrected chi connectivity index (χ2v) is 11.8. The highest BCUT2D eigenvalue weighted by Gasteiger charge is 2.44. The molecule has 4 aliphatic rings. The Labute approximate surface area is 240 Å². The number of piperidine rings is 1. The smallest absolute Gasteiger partial charge is 0.320 e. The first-order chi connectivity index (χ1) is 19.5. The predicted octanol–water partition coefficient (Wildman–Crippen LogP) is -0.540. The number of carbonyl (C=O) groups excluding carboxylic acids is 2. The second-order valence-electron chi connectivity index (χ2n) is 10.6. The summed E-state index contributed by atoms with van der Waals surface area (Å²) >= 11 is 1.92. The molecule has 7 atom stereocenters. The molecule has 4 aliphatic heterocycles. The van der Waals surface area contributed by atoms with Crippen LogP contribution in [0.1, 0.15) is 26.2 Å². The van der Waals surface area contributed by atoms with Crippen LogP contribution in [0.3, 0.4) is 0 Å². The van der Waals surface area contributed by atoms with E-state index in [0.717, 1.165) is 25.1 Å². The number of thioether (sulfide) groups is 1. The molecule has 2 fully saturated rings. The molecule has 0 spiro atoms. The van der Waals surface area contributed by atoms with E-state index < -0.39 is 0 Å². The molecule has 14 heteroatoms. The molecule has 0 aliphatic carbocycles. The van der Waals surface area contributed by atoms with Crippen molar-refractivity contribution in [2.24, 2.45) is 29.5 Å². The molecule has 4 heterocycles. The zero-order chi connectivity index (χ0) is 28.5. The van der Waals surface area contributed by atoms with Crippen molar-refractivity contribution >= 4 is 23.7 Å². The Morgan fingerprint density at radius 3 is 2.77 bits per heavy atom. The molecule has 0 aromatic heterocycles. The number of hydrogen-bond donors (Lipinski definition) is 8. The van der Waals surface area contributed by atoms with Crippen molar-refractivity contribution in [3.8, 4) is 0 Å². The fourth-order valence-corrected chi connectivity index (χ4v) is 7.74. The van der Waals surface area contributed by atoms with Gasteiger partial charge in [0.15, 0.2) is 5.88 Å². The van der Waals surface area contributed by atoms with E-state index in [4.69, 9.17) is 20.1 Å². The van der Waals surface area contributed by atoms with Gasteiger partial charge in [0.05, 0.1) is 31.3 Å². The molecule has 40 heavy (non-hydrogen) atoms. The summed E-state index contributed by atoms with van der Waals surface area (Å²) in [6, 6.07) is 0.0590. The summed E-state index contributed by atoms with van der Waals surface area (Å²) in [5.41, 5.74) is 2.77. The molecule has 0 bridgehead atoms. The highest BCUT2D eigenvalue weighted by atomic mass is 32.2. The molecule has 0 aromatic rings. The molecule has 0 aromatic carbocycles. The molecular weight excluding hydrogens is 536 g/mol. The maximum absolute atomic E-state index is 12.5. The molecule has 2 saturated heterocycles. The van der Waals surface area contributed by atoms with Crippen LogP contribution in [0.25, 0.3) is 0 Å². The second kappa shape index (κ2) is 15.1. The molecule has 7 unspecified atom stereocenters. The van der Waals surface area contributed by atoms with Gasteiger partial charge in [-0.2, -0.15) is 0 Å². The Bertz CT molecular complexity index is 937. The number of hydrogen-bond acceptors (Lipinski definition) is 11. The standard InChI is InChI=1S/C26H46N8O5S/c1-4-28-26(36)33-21-11-17(19(13-30-21)15-10-18(22(35)34-27)23(38-3)31-12-15)25-32-20(14-40-25)16-6-5-7-29-24(16)39-9-8-37-2/h11,15-17,19-20,24-25,29-32H,4-10,12-14,27H2,1-3H3,(H,34,35)(H2,28,33,36). The van der Waals surface area contributed by atoms with Crippen LogP contribution in [-0.4, -0.2) is 88.9 Å². The fraction of sp³-hybridized carbons (Fsp3) is 0.769. The minimum Gasteiger partial charge on any atom is -0.482 e. The van der Waals surface area contributed by atoms with Gasteiger partial charge in [-0.25, -0.2) is 10.6 Å². The van der Waals surface area contributed by atoms with Crippen LogP contribution < -0.4 is 43.2 Å². The predicted molar refractivity (Wildman–Crippen MR) is 153 cm³/mol. The van der Waals surface area contributed by atoms with Crippen LogP contribution in [0.15, 0.2) is 23.4 Å². The Hall–Kier alpha value is -2.23. The van der Waals surface area contributed by atoms with E-state index in [2.05, 4.69) is 43.4 Å². The number of amides is 3. The van der Waals surface area contributed by atoms with Gasteiger partial charge in [0.25, 0.3) is 5.91 Å². The van der Waals surface area contributed by atoms with Gasteiger partial charge in [0.2, 0.25) is 0 Å². The molecular formula is C26H46N8O5S. The Balaban J connectivity index is 1.52. The first kappa shape index (κ1) is 30.7. The summed E-state index contributed by atoms with van der Waals surface area (Å²) in [4.78, 5) is 24.8. The summed E-state index contributed by atoms with van der Waals surface area (Å²) in [5, 5.41) is 20.1. The van der Waals surface area contributed by atoms with Crippen LogP contribution in [0.2, 0.25) is 0 Å². The van der Waals surface area contributed by atoms with Gasteiger partial charge in [0, 0.05) is 50.4 Å². The van der Waals surface area contributed by atoms with Gasteiger partial charge in [-0.1, -0.05) is 0 Å². The first-order valence-corrected chi connectivity index (χ1v) is 15.3. The summed E-state index contributed by atoms with van der Waals surface area (Å²) in [6.07, 6.45) is 4.89. The molecule has 13 nitrogen and oxygen atoms in total. The van der Waals surface area contributed by atoms with E-state index in [9.17, 15) is 9.59 Å². The number of rotatable bonds is 11. The highest BCUT2D eigenvalue weighted by Crippen LogP contribution is 2.41. The molecule has 4 rings (SSSR count). The number of hydrazine groups is 1. The van der Waals surface area contributed by atoms with Crippen molar-refractivity contribution in [2.45, 2.75) is 43.8 Å². The van der Waals surface area contributed by atoms with Gasteiger partial charge < -0.3 is 35.5 Å². The molecule has 9 N–H and O–H groups in total. The average molecular weight is 583 g/mol. The lowest BCUT2D eigenvalue weighted by Gasteiger charge is -2.41. The molecule has 3 amide bonds. The zero-order valence-corrected chi connectivity index (χ0v) is 24.5. The van der Waals surface area contributed by atoms with Crippen molar-refractivity contribution in [2.75, 3.05) is 59.4 Å². The summed E-state index contributed by atoms with van der Waals surface area (Å²) in [6.45, 7) is 5.85. The van der Waals surface area contributed by atoms with Gasteiger partial charge >= 0.3 is 6.03 Å². The zero-order valence-electron chi connectivity index (χ0n) is 23.7. The van der Waals surface area contributed by atoms with E-state index in [1.54, 1.807) is 14.2 Å². The number of nitrogens with one attached hydrogen (secondary N) is 7. The van der Waals surface area contributed by atoms with E-state index in [0.29, 0.717) is 68.5 Å². The third-order valence-corrected chi connectivity index (χ3v) is 9.54. The minimum absolute atomic E-state index is 0.00689. The van der Waals surface area contributed by atoms with Gasteiger partial charge in [-0.3, -0.25) is 20.9 Å². The molecule has 0 radical (unpaired) electrons. The maximum atomic E-state index is 12.5. The van der Waals surface area contributed by atoms with Crippen molar-refractivity contribution in [3.05, 3.63) is 23.4 Å². The monoisotopic (exact) mass is 582 g/mol. The van der Waals surface area contributed by atoms with Crippen LogP contribution in [0.4, 0.5) is 4.79 Å². The average Bonchev–Trinajstić information content (AvgIpc) is 3.47. The van der Waals surface area contributed by atoms with Crippen molar-refractivity contribution in [1.82, 2.24) is 37.3 Å². The van der Waals surface area contributed by atoms with Crippen LogP contribution in [0, 0.1) is 23.7 Å². The summed E-state index contributed by atoms with van der Waals surface area (Å²) in [5.74, 6) is 8.06. The SMILES string of the molecule is CCNC(=O)NC1=CC(C2NC(C3CCCNC3OCCOC)CS2)C(C2CNC(OC)=C(C(=O)NN)C2)CN1. The van der Waals surface area contributed by atoms with Gasteiger partial charge in [-0.15, -0.1) is 11.8 Å². The van der Waals surface area contributed by atoms with Gasteiger partial charge in [0.1, 0.15) is 12.0 Å². The van der Waals surface area contributed by atoms with E-state index in [1.807, 2.05) is 18.7 Å². The number of methoxy groups -OCH3 is 2. The van der Waals surface area contributed by atoms with Crippen molar-refractivity contribution in [1.29, 1.82) is 0 Å². The first-order valence-electron chi connectivity index (χ1n) is 14.2. The summed E-state index contributed by atoms with van der Waals surface area (Å²) < 4.78 is 16.8. The lowest BCUT2D eigenvalue weighted by atomic mass is 9.75. The van der Waals surface area contributed by atoms with Crippen LogP contribution in [0.5, 0.6) is 0 Å². The third-order valence-electron chi connectivity index (χ3n) is 8.18. The number of urea groups is 1. The summed E-state index contributed by atoms with van der Waals surface area (Å²) in [7, 11) is 3.23. The van der Waals surface area contributed by atoms with Crippen LogP contribution >= 0.6 is 11.8 Å². The Morgan fingerprint density at radius 2 is 2.02 bits per heavy atom. The molecule has 0 saturated carbocycles. The number of ether oxygens (including phenoxy) is 3. The van der Waals surface area contributed by atoms with Gasteiger partial charge in [-0.05, 0) is 50.6 Å². The van der Waals surface area contributed by atoms with Crippen LogP contribution in [-0.2, 0) is 19.0 Å². The largest absolute Gasteiger partial charge is 0.482 e. The Kier molecular flexibility index (Phi) is 11.6. The number of carbonyl (C=O) groups is 2. The lowest BCUT2D eigenvalue weighted by Crippen LogP contribution is -2.54. The maximum Gasteiger partial charge on any atom is 0.320 e.